The van der Waals surface area contributed by atoms with Gasteiger partial charge in [0.1, 0.15) is 6.04 Å². The van der Waals surface area contributed by atoms with Crippen LogP contribution >= 0.6 is 0 Å². The lowest BCUT2D eigenvalue weighted by molar-refractivity contribution is -0.138. The van der Waals surface area contributed by atoms with E-state index in [1.807, 2.05) is 42.5 Å². The van der Waals surface area contributed by atoms with Crippen LogP contribution in [0.5, 0.6) is 0 Å². The average Bonchev–Trinajstić information content (AvgIpc) is 3.34. The molecule has 0 radical (unpaired) electrons. The molecule has 5 N–H and O–H groups in total. The van der Waals surface area contributed by atoms with E-state index < -0.39 is 23.9 Å². The van der Waals surface area contributed by atoms with E-state index in [1.54, 1.807) is 4.90 Å². The molecule has 0 unspecified atom stereocenters. The molecule has 8 nitrogen and oxygen atoms in total. The zero-order valence-corrected chi connectivity index (χ0v) is 20.4. The number of nitrogens with zero attached hydrogens (tertiary/aromatic N) is 1. The lowest BCUT2D eigenvalue weighted by atomic mass is 9.91. The molecule has 0 spiro atoms. The Morgan fingerprint density at radius 3 is 2.57 bits per heavy atom. The molecule has 1 fully saturated rings. The molecule has 188 valence electrons. The molecule has 0 aromatic heterocycles. The van der Waals surface area contributed by atoms with Gasteiger partial charge in [-0.15, -0.1) is 0 Å². The number of unbranched alkanes of at least 4 members (excludes halogenated alkanes) is 1. The summed E-state index contributed by atoms with van der Waals surface area (Å²) in [4.78, 5) is 52.4. The smallest absolute Gasteiger partial charge is 0.239 e. The van der Waals surface area contributed by atoms with E-state index in [1.165, 1.54) is 6.92 Å². The second-order valence-corrected chi connectivity index (χ2v) is 9.34. The van der Waals surface area contributed by atoms with Crippen molar-refractivity contribution in [3.63, 3.8) is 0 Å². The molecule has 35 heavy (non-hydrogen) atoms. The Morgan fingerprint density at radius 1 is 1.09 bits per heavy atom. The van der Waals surface area contributed by atoms with Crippen molar-refractivity contribution in [2.75, 3.05) is 13.1 Å². The van der Waals surface area contributed by atoms with Gasteiger partial charge in [-0.1, -0.05) is 48.9 Å². The molecule has 1 aliphatic heterocycles. The van der Waals surface area contributed by atoms with E-state index in [9.17, 15) is 19.2 Å². The lowest BCUT2D eigenvalue weighted by Crippen LogP contribution is -2.46. The van der Waals surface area contributed by atoms with Crippen LogP contribution in [-0.2, 0) is 25.6 Å². The number of rotatable bonds is 12. The van der Waals surface area contributed by atoms with Crippen molar-refractivity contribution in [2.24, 2.45) is 17.4 Å². The van der Waals surface area contributed by atoms with E-state index in [0.717, 1.165) is 29.2 Å². The highest BCUT2D eigenvalue weighted by molar-refractivity contribution is 5.95. The maximum atomic E-state index is 13.3. The van der Waals surface area contributed by atoms with Gasteiger partial charge in [0, 0.05) is 18.9 Å². The Kier molecular flexibility index (Phi) is 9.37. The number of nitrogens with two attached hydrogens (primary N) is 2. The molecule has 1 heterocycles. The Bertz CT molecular complexity index is 1060. The number of primary amides is 1. The average molecular weight is 481 g/mol. The van der Waals surface area contributed by atoms with Crippen molar-refractivity contribution in [3.05, 3.63) is 48.0 Å². The third-order valence-electron chi connectivity index (χ3n) is 6.78. The minimum absolute atomic E-state index is 0.0185. The highest BCUT2D eigenvalue weighted by Crippen LogP contribution is 2.25. The van der Waals surface area contributed by atoms with Crippen LogP contribution in [0.3, 0.4) is 0 Å². The highest BCUT2D eigenvalue weighted by atomic mass is 16.2. The first-order valence-electron chi connectivity index (χ1n) is 12.4. The van der Waals surface area contributed by atoms with Gasteiger partial charge >= 0.3 is 0 Å². The summed E-state index contributed by atoms with van der Waals surface area (Å²) in [7, 11) is 0. The zero-order valence-electron chi connectivity index (χ0n) is 20.4. The van der Waals surface area contributed by atoms with Crippen LogP contribution in [-0.4, -0.2) is 53.6 Å². The summed E-state index contributed by atoms with van der Waals surface area (Å²) in [5.74, 6) is -1.79. The number of carbonyl (C=O) groups excluding carboxylic acids is 4. The molecule has 0 bridgehead atoms. The minimum atomic E-state index is -0.820. The summed E-state index contributed by atoms with van der Waals surface area (Å²) >= 11 is 0. The topological polar surface area (TPSA) is 136 Å². The first kappa shape index (κ1) is 26.3. The van der Waals surface area contributed by atoms with E-state index in [0.29, 0.717) is 32.4 Å². The first-order chi connectivity index (χ1) is 16.8. The van der Waals surface area contributed by atoms with E-state index in [-0.39, 0.29) is 30.4 Å². The van der Waals surface area contributed by atoms with Crippen molar-refractivity contribution in [3.8, 4) is 0 Å². The number of hydrogen-bond donors (Lipinski definition) is 3. The Hall–Kier alpha value is -3.26. The zero-order chi connectivity index (χ0) is 25.4. The van der Waals surface area contributed by atoms with E-state index in [2.05, 4.69) is 5.32 Å². The van der Waals surface area contributed by atoms with Gasteiger partial charge in [0.05, 0.1) is 12.5 Å². The number of fused-ring (bicyclic) bond motifs is 1. The van der Waals surface area contributed by atoms with Gasteiger partial charge in [-0.2, -0.15) is 0 Å². The molecule has 0 saturated carbocycles. The minimum Gasteiger partial charge on any atom is -0.368 e. The molecule has 3 atom stereocenters. The van der Waals surface area contributed by atoms with Crippen LogP contribution < -0.4 is 16.8 Å². The van der Waals surface area contributed by atoms with E-state index >= 15 is 0 Å². The maximum absolute atomic E-state index is 13.3. The van der Waals surface area contributed by atoms with Gasteiger partial charge in [0.15, 0.2) is 5.78 Å². The monoisotopic (exact) mass is 480 g/mol. The normalized spacial score (nSPS) is 17.2. The van der Waals surface area contributed by atoms with Crippen molar-refractivity contribution in [1.29, 1.82) is 0 Å². The third kappa shape index (κ3) is 6.88. The number of ketones is 1. The van der Waals surface area contributed by atoms with E-state index in [4.69, 9.17) is 11.5 Å². The van der Waals surface area contributed by atoms with Gasteiger partial charge in [0.2, 0.25) is 17.7 Å². The van der Waals surface area contributed by atoms with Crippen LogP contribution in [0, 0.1) is 5.92 Å². The van der Waals surface area contributed by atoms with Gasteiger partial charge in [0.25, 0.3) is 0 Å². The molecule has 3 amide bonds. The Morgan fingerprint density at radius 2 is 1.83 bits per heavy atom. The lowest BCUT2D eigenvalue weighted by Gasteiger charge is -2.26. The molecule has 2 aromatic carbocycles. The predicted octanol–water partition coefficient (Wildman–Crippen LogP) is 2.07. The van der Waals surface area contributed by atoms with Crippen LogP contribution in [0.25, 0.3) is 10.8 Å². The molecular formula is C27H36N4O4. The predicted molar refractivity (Wildman–Crippen MR) is 135 cm³/mol. The fourth-order valence-corrected chi connectivity index (χ4v) is 4.75. The third-order valence-corrected chi connectivity index (χ3v) is 6.78. The Labute approximate surface area is 206 Å². The van der Waals surface area contributed by atoms with Gasteiger partial charge in [-0.25, -0.2) is 0 Å². The number of carbonyl (C=O) groups is 4. The molecule has 0 aliphatic carbocycles. The number of hydrogen-bond acceptors (Lipinski definition) is 5. The summed E-state index contributed by atoms with van der Waals surface area (Å²) in [6.07, 6.45) is 3.50. The molecule has 8 heteroatoms. The number of likely N-dealkylation sites (tertiary alicyclic amines) is 1. The summed E-state index contributed by atoms with van der Waals surface area (Å²) < 4.78 is 0. The van der Waals surface area contributed by atoms with Crippen LogP contribution in [0.15, 0.2) is 42.5 Å². The standard InChI is InChI=1S/C27H36N4O4/c1-18(26(29)34)30-27(35)21(9-4-5-14-28)16-24(32)23-13-7-15-31(23)25(33)17-20-11-6-10-19-8-2-3-12-22(19)20/h2-3,6,8,10-12,18,21,23H,4-5,7,9,13-17,28H2,1H3,(H2,29,34)(H,30,35)/t18-,21+,23-/m0/s1. The number of amides is 3. The van der Waals surface area contributed by atoms with Crippen LogP contribution in [0.1, 0.15) is 51.0 Å². The number of benzene rings is 2. The molecule has 1 aliphatic rings. The Balaban J connectivity index is 1.69. The van der Waals surface area contributed by atoms with Crippen LogP contribution in [0.4, 0.5) is 0 Å². The summed E-state index contributed by atoms with van der Waals surface area (Å²) in [5, 5.41) is 4.71. The summed E-state index contributed by atoms with van der Waals surface area (Å²) in [6, 6.07) is 12.5. The molecule has 1 saturated heterocycles. The quantitative estimate of drug-likeness (QED) is 0.400. The van der Waals surface area contributed by atoms with Crippen molar-refractivity contribution < 1.29 is 19.2 Å². The second-order valence-electron chi connectivity index (χ2n) is 9.34. The molecule has 3 rings (SSSR count). The number of nitrogens with one attached hydrogen (secondary N) is 1. The highest BCUT2D eigenvalue weighted by Gasteiger charge is 2.36. The van der Waals surface area contributed by atoms with Crippen LogP contribution in [0.2, 0.25) is 0 Å². The summed E-state index contributed by atoms with van der Waals surface area (Å²) in [5.41, 5.74) is 11.8. The fraction of sp³-hybridized carbons (Fsp3) is 0.481. The first-order valence-corrected chi connectivity index (χ1v) is 12.4. The van der Waals surface area contributed by atoms with Crippen molar-refractivity contribution in [1.82, 2.24) is 10.2 Å². The van der Waals surface area contributed by atoms with Gasteiger partial charge in [-0.05, 0) is 55.5 Å². The van der Waals surface area contributed by atoms with Crippen molar-refractivity contribution >= 4 is 34.3 Å². The summed E-state index contributed by atoms with van der Waals surface area (Å²) in [6.45, 7) is 2.55. The molecular weight excluding hydrogens is 444 g/mol. The van der Waals surface area contributed by atoms with Crippen molar-refractivity contribution in [2.45, 2.75) is 64.0 Å². The van der Waals surface area contributed by atoms with Gasteiger partial charge in [-0.3, -0.25) is 19.2 Å². The fourth-order valence-electron chi connectivity index (χ4n) is 4.75. The van der Waals surface area contributed by atoms with Gasteiger partial charge < -0.3 is 21.7 Å². The second kappa shape index (κ2) is 12.4. The molecule has 2 aromatic rings. The largest absolute Gasteiger partial charge is 0.368 e. The SMILES string of the molecule is C[C@H](NC(=O)[C@H](CCCCN)CC(=O)[C@@H]1CCCN1C(=O)Cc1cccc2ccccc12)C(N)=O. The number of Topliss-reactive ketones (excluding diaryl/α,β-unsaturated/α-hetero) is 1. The maximum Gasteiger partial charge on any atom is 0.239 e.